The molecule has 2 heterocycles. The number of amides is 2. The summed E-state index contributed by atoms with van der Waals surface area (Å²) < 4.78 is 16.4. The van der Waals surface area contributed by atoms with E-state index in [1.54, 1.807) is 36.4 Å². The van der Waals surface area contributed by atoms with Crippen LogP contribution in [0.25, 0.3) is 17.0 Å². The van der Waals surface area contributed by atoms with E-state index in [4.69, 9.17) is 0 Å². The summed E-state index contributed by atoms with van der Waals surface area (Å²) in [5.74, 6) is -1.06. The number of carbonyl (C=O) groups excluding carboxylic acids is 3. The molecule has 0 aliphatic carbocycles. The molecule has 0 N–H and O–H groups in total. The van der Waals surface area contributed by atoms with E-state index < -0.39 is 11.1 Å². The lowest BCUT2D eigenvalue weighted by Gasteiger charge is -2.11. The number of benzene rings is 3. The minimum Gasteiger partial charge on any atom is -0.342 e. The maximum atomic E-state index is 14.4. The molecule has 0 saturated carbocycles. The number of aryl methyl sites for hydroxylation is 2. The maximum Gasteiger partial charge on any atom is 0.293 e. The topological polar surface area (TPSA) is 59.4 Å². The summed E-state index contributed by atoms with van der Waals surface area (Å²) >= 11 is 0.828. The predicted octanol–water partition coefficient (Wildman–Crippen LogP) is 6.62. The first-order valence-electron chi connectivity index (χ1n) is 12.0. The van der Waals surface area contributed by atoms with E-state index in [-0.39, 0.29) is 23.1 Å². The van der Waals surface area contributed by atoms with Crippen molar-refractivity contribution in [2.24, 2.45) is 0 Å². The Morgan fingerprint density at radius 3 is 2.43 bits per heavy atom. The monoisotopic (exact) mass is 512 g/mol. The molecule has 37 heavy (non-hydrogen) atoms. The number of hydrogen-bond donors (Lipinski definition) is 0. The van der Waals surface area contributed by atoms with Gasteiger partial charge < -0.3 is 4.57 Å². The van der Waals surface area contributed by atoms with E-state index in [1.807, 2.05) is 48.0 Å². The van der Waals surface area contributed by atoms with Crippen LogP contribution in [0.5, 0.6) is 0 Å². The van der Waals surface area contributed by atoms with Gasteiger partial charge in [-0.15, -0.1) is 0 Å². The molecular formula is C30H25FN2O3S. The van der Waals surface area contributed by atoms with Crippen LogP contribution >= 0.6 is 11.8 Å². The van der Waals surface area contributed by atoms with Gasteiger partial charge in [-0.3, -0.25) is 19.3 Å². The van der Waals surface area contributed by atoms with Crippen LogP contribution in [-0.2, 0) is 17.8 Å². The third-order valence-corrected chi connectivity index (χ3v) is 7.43. The van der Waals surface area contributed by atoms with E-state index in [0.717, 1.165) is 50.7 Å². The smallest absolute Gasteiger partial charge is 0.293 e. The Balaban J connectivity index is 1.48. The molecule has 1 aliphatic heterocycles. The lowest BCUT2D eigenvalue weighted by molar-refractivity contribution is -0.122. The zero-order valence-electron chi connectivity index (χ0n) is 20.5. The number of ketones is 1. The quantitative estimate of drug-likeness (QED) is 0.206. The van der Waals surface area contributed by atoms with E-state index in [1.165, 1.54) is 6.07 Å². The number of aromatic nitrogens is 1. The number of para-hydroxylation sites is 1. The lowest BCUT2D eigenvalue weighted by atomic mass is 10.1. The molecule has 0 unspecified atom stereocenters. The highest BCUT2D eigenvalue weighted by Crippen LogP contribution is 2.35. The van der Waals surface area contributed by atoms with Crippen molar-refractivity contribution in [2.45, 2.75) is 26.8 Å². The second-order valence-electron chi connectivity index (χ2n) is 9.03. The molecule has 0 atom stereocenters. The van der Waals surface area contributed by atoms with Gasteiger partial charge in [0.1, 0.15) is 5.82 Å². The van der Waals surface area contributed by atoms with Crippen molar-refractivity contribution in [2.75, 3.05) is 6.54 Å². The number of imide groups is 1. The van der Waals surface area contributed by atoms with E-state index >= 15 is 0 Å². The van der Waals surface area contributed by atoms with Crippen LogP contribution in [0.4, 0.5) is 9.18 Å². The zero-order valence-corrected chi connectivity index (χ0v) is 21.3. The largest absolute Gasteiger partial charge is 0.342 e. The van der Waals surface area contributed by atoms with Crippen molar-refractivity contribution >= 4 is 45.7 Å². The molecule has 2 amide bonds. The first-order chi connectivity index (χ1) is 17.9. The van der Waals surface area contributed by atoms with Gasteiger partial charge in [0.25, 0.3) is 11.1 Å². The number of thioether (sulfide) groups is 1. The molecule has 1 aromatic heterocycles. The summed E-state index contributed by atoms with van der Waals surface area (Å²) in [6.45, 7) is 4.01. The second kappa shape index (κ2) is 10.2. The third-order valence-electron chi connectivity index (χ3n) is 6.53. The van der Waals surface area contributed by atoms with Gasteiger partial charge in [0.2, 0.25) is 0 Å². The molecule has 0 bridgehead atoms. The van der Waals surface area contributed by atoms with Crippen LogP contribution in [0.15, 0.2) is 77.8 Å². The van der Waals surface area contributed by atoms with Crippen LogP contribution in [0, 0.1) is 12.7 Å². The number of nitrogens with zero attached hydrogens (tertiary/aromatic N) is 2. The minimum absolute atomic E-state index is 0.258. The van der Waals surface area contributed by atoms with Crippen molar-refractivity contribution in [3.05, 3.63) is 111 Å². The van der Waals surface area contributed by atoms with Gasteiger partial charge >= 0.3 is 0 Å². The number of Topliss-reactive ketones (excluding diaryl/α,β-unsaturated/α-hetero) is 1. The number of carbonyl (C=O) groups is 3. The average molecular weight is 513 g/mol. The molecule has 4 aromatic rings. The van der Waals surface area contributed by atoms with Crippen LogP contribution in [-0.4, -0.2) is 32.9 Å². The standard InChI is InChI=1S/C30H25FN2O3S/c1-3-20-8-6-9-24-23(17-32(28(20)24)16-22-7-4-5-10-25(22)31)15-27-29(35)33(30(36)37-27)18-26(34)21-13-11-19(2)12-14-21/h4-15,17H,3,16,18H2,1-2H3/b27-15-. The number of rotatable bonds is 7. The zero-order chi connectivity index (χ0) is 26.1. The van der Waals surface area contributed by atoms with Gasteiger partial charge in [-0.2, -0.15) is 0 Å². The maximum absolute atomic E-state index is 14.4. The van der Waals surface area contributed by atoms with Gasteiger partial charge in [0, 0.05) is 28.3 Å². The Kier molecular flexibility index (Phi) is 6.80. The fourth-order valence-corrected chi connectivity index (χ4v) is 5.38. The summed E-state index contributed by atoms with van der Waals surface area (Å²) in [5, 5.41) is 0.444. The van der Waals surface area contributed by atoms with Crippen molar-refractivity contribution in [1.29, 1.82) is 0 Å². The summed E-state index contributed by atoms with van der Waals surface area (Å²) in [6, 6.07) is 19.7. The highest BCUT2D eigenvalue weighted by Gasteiger charge is 2.36. The molecule has 7 heteroatoms. The lowest BCUT2D eigenvalue weighted by Crippen LogP contribution is -2.33. The Morgan fingerprint density at radius 1 is 0.973 bits per heavy atom. The normalized spacial score (nSPS) is 14.8. The number of hydrogen-bond acceptors (Lipinski definition) is 4. The number of halogens is 1. The Bertz CT molecular complexity index is 1570. The van der Waals surface area contributed by atoms with Crippen molar-refractivity contribution < 1.29 is 18.8 Å². The summed E-state index contributed by atoms with van der Waals surface area (Å²) in [4.78, 5) is 39.8. The fraction of sp³-hybridized carbons (Fsp3) is 0.167. The minimum atomic E-state index is -0.489. The molecular weight excluding hydrogens is 487 g/mol. The average Bonchev–Trinajstić information content (AvgIpc) is 3.37. The summed E-state index contributed by atoms with van der Waals surface area (Å²) in [5.41, 5.74) is 4.87. The van der Waals surface area contributed by atoms with E-state index in [9.17, 15) is 18.8 Å². The molecule has 1 fully saturated rings. The van der Waals surface area contributed by atoms with Crippen molar-refractivity contribution in [1.82, 2.24) is 9.47 Å². The van der Waals surface area contributed by atoms with E-state index in [0.29, 0.717) is 17.7 Å². The van der Waals surface area contributed by atoms with Crippen LogP contribution < -0.4 is 0 Å². The number of fused-ring (bicyclic) bond motifs is 1. The molecule has 186 valence electrons. The van der Waals surface area contributed by atoms with Crippen molar-refractivity contribution in [3.63, 3.8) is 0 Å². The third kappa shape index (κ3) is 4.87. The van der Waals surface area contributed by atoms with E-state index in [2.05, 4.69) is 6.92 Å². The molecule has 5 nitrogen and oxygen atoms in total. The van der Waals surface area contributed by atoms with Crippen LogP contribution in [0.1, 0.15) is 39.5 Å². The fourth-order valence-electron chi connectivity index (χ4n) is 4.55. The van der Waals surface area contributed by atoms with Gasteiger partial charge in [-0.05, 0) is 42.8 Å². The molecule has 1 aliphatic rings. The van der Waals surface area contributed by atoms with Gasteiger partial charge in [0.05, 0.1) is 23.5 Å². The van der Waals surface area contributed by atoms with Crippen LogP contribution in [0.2, 0.25) is 0 Å². The Hall–Kier alpha value is -3.97. The van der Waals surface area contributed by atoms with Gasteiger partial charge in [0.15, 0.2) is 5.78 Å². The highest BCUT2D eigenvalue weighted by atomic mass is 32.2. The predicted molar refractivity (Wildman–Crippen MR) is 145 cm³/mol. The van der Waals surface area contributed by atoms with Crippen LogP contribution in [0.3, 0.4) is 0 Å². The molecule has 5 rings (SSSR count). The Labute approximate surface area is 218 Å². The molecule has 0 spiro atoms. The van der Waals surface area contributed by atoms with Crippen molar-refractivity contribution in [3.8, 4) is 0 Å². The first-order valence-corrected chi connectivity index (χ1v) is 12.9. The molecule has 3 aromatic carbocycles. The SMILES string of the molecule is CCc1cccc2c(/C=C3\SC(=O)N(CC(=O)c4ccc(C)cc4)C3=O)cn(Cc3ccccc3F)c12. The Morgan fingerprint density at radius 2 is 1.70 bits per heavy atom. The summed E-state index contributed by atoms with van der Waals surface area (Å²) in [6.07, 6.45) is 4.37. The molecule has 0 radical (unpaired) electrons. The highest BCUT2D eigenvalue weighted by molar-refractivity contribution is 8.18. The summed E-state index contributed by atoms with van der Waals surface area (Å²) in [7, 11) is 0. The molecule has 1 saturated heterocycles. The first kappa shape index (κ1) is 24.7. The van der Waals surface area contributed by atoms with Gasteiger partial charge in [-0.1, -0.05) is 73.2 Å². The van der Waals surface area contributed by atoms with Gasteiger partial charge in [-0.25, -0.2) is 4.39 Å². The second-order valence-corrected chi connectivity index (χ2v) is 10.0.